The summed E-state index contributed by atoms with van der Waals surface area (Å²) in [6, 6.07) is 0. The van der Waals surface area contributed by atoms with E-state index in [2.05, 4.69) is 37.5 Å². The van der Waals surface area contributed by atoms with Crippen LogP contribution in [0.15, 0.2) is 0 Å². The van der Waals surface area contributed by atoms with Crippen LogP contribution in [-0.4, -0.2) is 61.0 Å². The zero-order valence-electron chi connectivity index (χ0n) is 16.3. The first kappa shape index (κ1) is 29.1. The van der Waals surface area contributed by atoms with E-state index >= 15 is 0 Å². The van der Waals surface area contributed by atoms with Crippen molar-refractivity contribution in [3.05, 3.63) is 0 Å². The Morgan fingerprint density at radius 2 is 0.840 bits per heavy atom. The van der Waals surface area contributed by atoms with Crippen LogP contribution in [0.25, 0.3) is 0 Å². The van der Waals surface area contributed by atoms with Gasteiger partial charge in [0, 0.05) is 25.0 Å². The summed E-state index contributed by atoms with van der Waals surface area (Å²) in [7, 11) is 0. The molecule has 0 amide bonds. The van der Waals surface area contributed by atoms with Gasteiger partial charge < -0.3 is 29.6 Å². The molecule has 6 nitrogen and oxygen atoms in total. The van der Waals surface area contributed by atoms with Gasteiger partial charge >= 0.3 is 16.5 Å². The number of carboxylic acid groups (broad SMARTS) is 2. The standard InChI is InChI=1S/2C9H19NO2.Ni/c2*1-3-6-10(7-4-2)8-5-9(11)12;/h2*3-8H2,1-2H3,(H,11,12);/q;;+2/p-2. The first-order chi connectivity index (χ1) is 11.4. The summed E-state index contributed by atoms with van der Waals surface area (Å²) in [5.74, 6) is -1.90. The molecule has 0 radical (unpaired) electrons. The van der Waals surface area contributed by atoms with Gasteiger partial charge in [-0.3, -0.25) is 0 Å². The number of hydrogen-bond donors (Lipinski definition) is 0. The summed E-state index contributed by atoms with van der Waals surface area (Å²) >= 11 is 0. The van der Waals surface area contributed by atoms with Gasteiger partial charge in [-0.05, 0) is 64.7 Å². The quantitative estimate of drug-likeness (QED) is 0.393. The van der Waals surface area contributed by atoms with Crippen LogP contribution in [0.5, 0.6) is 0 Å². The second-order valence-corrected chi connectivity index (χ2v) is 5.93. The molecular formula is C18H36N2NiO4. The summed E-state index contributed by atoms with van der Waals surface area (Å²) < 4.78 is 0. The number of hydrogen-bond acceptors (Lipinski definition) is 6. The molecule has 0 aromatic heterocycles. The molecule has 0 fully saturated rings. The van der Waals surface area contributed by atoms with Crippen LogP contribution in [0.1, 0.15) is 66.2 Å². The molecule has 0 saturated carbocycles. The molecule has 25 heavy (non-hydrogen) atoms. The molecule has 0 atom stereocenters. The predicted molar refractivity (Wildman–Crippen MR) is 93.3 cm³/mol. The number of carbonyl (C=O) groups excluding carboxylic acids is 2. The summed E-state index contributed by atoms with van der Waals surface area (Å²) in [6.07, 6.45) is 4.61. The fourth-order valence-electron chi connectivity index (χ4n) is 2.43. The maximum atomic E-state index is 10.2. The number of rotatable bonds is 14. The molecule has 0 heterocycles. The Morgan fingerprint density at radius 1 is 0.600 bits per heavy atom. The Kier molecular flexibility index (Phi) is 24.9. The fourth-order valence-corrected chi connectivity index (χ4v) is 2.43. The average molecular weight is 403 g/mol. The molecule has 0 rings (SSSR count). The molecule has 152 valence electrons. The molecule has 0 bridgehead atoms. The first-order valence-corrected chi connectivity index (χ1v) is 9.25. The Hall–Kier alpha value is -0.646. The molecular weight excluding hydrogens is 367 g/mol. The summed E-state index contributed by atoms with van der Waals surface area (Å²) in [4.78, 5) is 24.7. The van der Waals surface area contributed by atoms with Crippen molar-refractivity contribution < 1.29 is 36.3 Å². The van der Waals surface area contributed by atoms with E-state index in [0.29, 0.717) is 13.1 Å². The minimum absolute atomic E-state index is 0. The van der Waals surface area contributed by atoms with Crippen molar-refractivity contribution in [1.82, 2.24) is 9.80 Å². The Balaban J connectivity index is -0.000000372. The van der Waals surface area contributed by atoms with Gasteiger partial charge in [-0.1, -0.05) is 27.7 Å². The molecule has 0 aliphatic heterocycles. The molecule has 7 heteroatoms. The van der Waals surface area contributed by atoms with E-state index in [1.54, 1.807) is 0 Å². The zero-order chi connectivity index (χ0) is 18.8. The van der Waals surface area contributed by atoms with E-state index in [0.717, 1.165) is 51.9 Å². The normalized spacial score (nSPS) is 10.2. The van der Waals surface area contributed by atoms with Gasteiger partial charge in [0.1, 0.15) is 0 Å². The number of aliphatic carboxylic acids is 2. The molecule has 0 saturated heterocycles. The molecule has 0 spiro atoms. The SMILES string of the molecule is CCCN(CCC)CCC(=O)[O-].CCCN(CCC)CCC(=O)[O-].[Ni+2]. The van der Waals surface area contributed by atoms with E-state index in [9.17, 15) is 19.8 Å². The van der Waals surface area contributed by atoms with Gasteiger partial charge in [0.15, 0.2) is 0 Å². The van der Waals surface area contributed by atoms with E-state index in [1.807, 2.05) is 0 Å². The smallest absolute Gasteiger partial charge is 0.550 e. The second-order valence-electron chi connectivity index (χ2n) is 5.93. The van der Waals surface area contributed by atoms with Crippen LogP contribution in [-0.2, 0) is 26.1 Å². The van der Waals surface area contributed by atoms with E-state index in [1.165, 1.54) is 0 Å². The Labute approximate surface area is 163 Å². The summed E-state index contributed by atoms with van der Waals surface area (Å²) in [6.45, 7) is 13.6. The van der Waals surface area contributed by atoms with Crippen LogP contribution >= 0.6 is 0 Å². The van der Waals surface area contributed by atoms with Crippen LogP contribution in [0.3, 0.4) is 0 Å². The minimum Gasteiger partial charge on any atom is -0.550 e. The van der Waals surface area contributed by atoms with Crippen molar-refractivity contribution >= 4 is 11.9 Å². The maximum absolute atomic E-state index is 10.2. The van der Waals surface area contributed by atoms with Crippen molar-refractivity contribution in [3.8, 4) is 0 Å². The zero-order valence-corrected chi connectivity index (χ0v) is 17.3. The van der Waals surface area contributed by atoms with Crippen molar-refractivity contribution in [3.63, 3.8) is 0 Å². The third-order valence-electron chi connectivity index (χ3n) is 3.42. The van der Waals surface area contributed by atoms with Crippen LogP contribution in [0, 0.1) is 0 Å². The summed E-state index contributed by atoms with van der Waals surface area (Å²) in [5.41, 5.74) is 0. The van der Waals surface area contributed by atoms with E-state index in [4.69, 9.17) is 0 Å². The van der Waals surface area contributed by atoms with E-state index < -0.39 is 11.9 Å². The molecule has 0 aromatic carbocycles. The number of carbonyl (C=O) groups is 2. The topological polar surface area (TPSA) is 86.7 Å². The minimum atomic E-state index is -0.952. The van der Waals surface area contributed by atoms with Gasteiger partial charge in [0.2, 0.25) is 0 Å². The number of nitrogens with zero attached hydrogens (tertiary/aromatic N) is 2. The monoisotopic (exact) mass is 402 g/mol. The largest absolute Gasteiger partial charge is 2.00 e. The van der Waals surface area contributed by atoms with Crippen molar-refractivity contribution in [2.45, 2.75) is 66.2 Å². The fraction of sp³-hybridized carbons (Fsp3) is 0.889. The third-order valence-corrected chi connectivity index (χ3v) is 3.42. The number of carboxylic acids is 2. The molecule has 0 N–H and O–H groups in total. The second kappa shape index (κ2) is 21.4. The van der Waals surface area contributed by atoms with Gasteiger partial charge in [0.25, 0.3) is 0 Å². The van der Waals surface area contributed by atoms with Crippen LogP contribution in [0.2, 0.25) is 0 Å². The van der Waals surface area contributed by atoms with Crippen molar-refractivity contribution in [2.75, 3.05) is 39.3 Å². The van der Waals surface area contributed by atoms with Crippen LogP contribution < -0.4 is 10.2 Å². The Morgan fingerprint density at radius 3 is 1.00 bits per heavy atom. The van der Waals surface area contributed by atoms with Crippen molar-refractivity contribution in [1.29, 1.82) is 0 Å². The van der Waals surface area contributed by atoms with Gasteiger partial charge in [-0.2, -0.15) is 0 Å². The predicted octanol–water partition coefficient (Wildman–Crippen LogP) is 0.494. The van der Waals surface area contributed by atoms with Gasteiger partial charge in [-0.25, -0.2) is 0 Å². The summed E-state index contributed by atoms with van der Waals surface area (Å²) in [5, 5.41) is 20.3. The molecule has 0 aromatic rings. The van der Waals surface area contributed by atoms with E-state index in [-0.39, 0.29) is 29.3 Å². The molecule has 0 unspecified atom stereocenters. The first-order valence-electron chi connectivity index (χ1n) is 9.25. The Bertz CT molecular complexity index is 275. The van der Waals surface area contributed by atoms with Crippen molar-refractivity contribution in [2.24, 2.45) is 0 Å². The average Bonchev–Trinajstić information content (AvgIpc) is 2.52. The van der Waals surface area contributed by atoms with Gasteiger partial charge in [-0.15, -0.1) is 0 Å². The molecule has 0 aliphatic carbocycles. The third kappa shape index (κ3) is 23.4. The maximum Gasteiger partial charge on any atom is 2.00 e. The van der Waals surface area contributed by atoms with Gasteiger partial charge in [0.05, 0.1) is 0 Å². The van der Waals surface area contributed by atoms with Crippen LogP contribution in [0.4, 0.5) is 0 Å². The molecule has 0 aliphatic rings.